The molecular formula is C22H16ClFN2O3S. The summed E-state index contributed by atoms with van der Waals surface area (Å²) < 4.78 is 40.1. The molecule has 0 aliphatic carbocycles. The number of nitrogens with zero attached hydrogens (tertiary/aromatic N) is 1. The van der Waals surface area contributed by atoms with E-state index in [1.165, 1.54) is 37.4 Å². The van der Waals surface area contributed by atoms with Crippen molar-refractivity contribution >= 4 is 38.9 Å². The number of benzene rings is 3. The van der Waals surface area contributed by atoms with Gasteiger partial charge in [-0.3, -0.25) is 9.10 Å². The molecule has 0 bridgehead atoms. The molecule has 30 heavy (non-hydrogen) atoms. The van der Waals surface area contributed by atoms with E-state index in [-0.39, 0.29) is 21.2 Å². The fraction of sp³-hybridized carbons (Fsp3) is 0.0455. The smallest absolute Gasteiger partial charge is 0.264 e. The molecule has 0 saturated carbocycles. The van der Waals surface area contributed by atoms with Gasteiger partial charge in [-0.25, -0.2) is 12.8 Å². The number of carbonyl (C=O) groups is 1. The molecule has 3 aromatic rings. The van der Waals surface area contributed by atoms with Crippen molar-refractivity contribution in [1.82, 2.24) is 0 Å². The van der Waals surface area contributed by atoms with Crippen molar-refractivity contribution in [3.05, 3.63) is 88.7 Å². The van der Waals surface area contributed by atoms with Gasteiger partial charge in [-0.1, -0.05) is 23.6 Å². The summed E-state index contributed by atoms with van der Waals surface area (Å²) in [7, 11) is -2.68. The maximum Gasteiger partial charge on any atom is 0.264 e. The molecule has 0 aromatic heterocycles. The first-order valence-corrected chi connectivity index (χ1v) is 10.5. The number of carbonyl (C=O) groups excluding carboxylic acids is 1. The molecule has 0 heterocycles. The van der Waals surface area contributed by atoms with Gasteiger partial charge in [0.1, 0.15) is 5.82 Å². The molecule has 5 nitrogen and oxygen atoms in total. The average Bonchev–Trinajstić information content (AvgIpc) is 2.74. The van der Waals surface area contributed by atoms with Gasteiger partial charge < -0.3 is 5.32 Å². The Bertz CT molecular complexity index is 1250. The van der Waals surface area contributed by atoms with Crippen molar-refractivity contribution in [2.75, 3.05) is 16.7 Å². The standard InChI is InChI=1S/C22H16ClFN2O3S/c1-3-15-5-4-6-17(13-15)25-22(27)20-14-19(11-12-21(20)23)30(28,29)26(2)18-9-7-16(24)8-10-18/h1,4-14H,2H3,(H,25,27). The Morgan fingerprint density at radius 2 is 1.80 bits per heavy atom. The van der Waals surface area contributed by atoms with Crippen LogP contribution in [-0.4, -0.2) is 21.4 Å². The summed E-state index contributed by atoms with van der Waals surface area (Å²) in [5, 5.41) is 2.74. The van der Waals surface area contributed by atoms with Crippen molar-refractivity contribution in [3.8, 4) is 12.3 Å². The number of hydrogen-bond donors (Lipinski definition) is 1. The van der Waals surface area contributed by atoms with Crippen LogP contribution in [0.3, 0.4) is 0 Å². The maximum absolute atomic E-state index is 13.1. The number of hydrogen-bond acceptors (Lipinski definition) is 3. The zero-order chi connectivity index (χ0) is 21.9. The van der Waals surface area contributed by atoms with Gasteiger partial charge in [0.05, 0.1) is 21.2 Å². The minimum absolute atomic E-state index is 0.0173. The van der Waals surface area contributed by atoms with Crippen molar-refractivity contribution in [1.29, 1.82) is 0 Å². The Kier molecular flexibility index (Phi) is 6.11. The van der Waals surface area contributed by atoms with E-state index in [4.69, 9.17) is 18.0 Å². The van der Waals surface area contributed by atoms with Crippen molar-refractivity contribution in [2.24, 2.45) is 0 Å². The van der Waals surface area contributed by atoms with Crippen LogP contribution in [-0.2, 0) is 10.0 Å². The molecule has 0 aliphatic rings. The van der Waals surface area contributed by atoms with E-state index in [0.717, 1.165) is 16.4 Å². The second-order valence-corrected chi connectivity index (χ2v) is 8.65. The van der Waals surface area contributed by atoms with E-state index >= 15 is 0 Å². The van der Waals surface area contributed by atoms with Crippen molar-refractivity contribution in [2.45, 2.75) is 4.90 Å². The minimum Gasteiger partial charge on any atom is -0.322 e. The van der Waals surface area contributed by atoms with Gasteiger partial charge in [0.2, 0.25) is 0 Å². The second-order valence-electron chi connectivity index (χ2n) is 6.27. The van der Waals surface area contributed by atoms with Crippen LogP contribution in [0.4, 0.5) is 15.8 Å². The molecule has 0 saturated heterocycles. The molecule has 3 aromatic carbocycles. The Morgan fingerprint density at radius 1 is 1.10 bits per heavy atom. The molecule has 0 atom stereocenters. The Morgan fingerprint density at radius 3 is 2.47 bits per heavy atom. The fourth-order valence-corrected chi connectivity index (χ4v) is 4.10. The van der Waals surface area contributed by atoms with E-state index in [2.05, 4.69) is 11.2 Å². The molecule has 0 radical (unpaired) electrons. The van der Waals surface area contributed by atoms with Crippen molar-refractivity contribution in [3.63, 3.8) is 0 Å². The number of anilines is 2. The highest BCUT2D eigenvalue weighted by Gasteiger charge is 2.24. The lowest BCUT2D eigenvalue weighted by Gasteiger charge is -2.20. The topological polar surface area (TPSA) is 66.5 Å². The lowest BCUT2D eigenvalue weighted by molar-refractivity contribution is 0.102. The number of nitrogens with one attached hydrogen (secondary N) is 1. The highest BCUT2D eigenvalue weighted by molar-refractivity contribution is 7.92. The van der Waals surface area contributed by atoms with E-state index in [9.17, 15) is 17.6 Å². The third-order valence-electron chi connectivity index (χ3n) is 4.32. The number of amides is 1. The van der Waals surface area contributed by atoms with Crippen molar-refractivity contribution < 1.29 is 17.6 Å². The molecule has 0 spiro atoms. The van der Waals surface area contributed by atoms with Crippen LogP contribution in [0.25, 0.3) is 0 Å². The fourth-order valence-electron chi connectivity index (χ4n) is 2.67. The van der Waals surface area contributed by atoms with Gasteiger partial charge in [-0.05, 0) is 60.7 Å². The second kappa shape index (κ2) is 8.57. The SMILES string of the molecule is C#Cc1cccc(NC(=O)c2cc(S(=O)(=O)N(C)c3ccc(F)cc3)ccc2Cl)c1. The first-order valence-electron chi connectivity index (χ1n) is 8.64. The van der Waals surface area contributed by atoms with Gasteiger partial charge >= 0.3 is 0 Å². The Balaban J connectivity index is 1.92. The maximum atomic E-state index is 13.1. The third kappa shape index (κ3) is 4.46. The first kappa shape index (κ1) is 21.4. The lowest BCUT2D eigenvalue weighted by Crippen LogP contribution is -2.27. The third-order valence-corrected chi connectivity index (χ3v) is 6.43. The summed E-state index contributed by atoms with van der Waals surface area (Å²) in [6.45, 7) is 0. The molecule has 0 aliphatic heterocycles. The summed E-state index contributed by atoms with van der Waals surface area (Å²) in [6, 6.07) is 15.5. The lowest BCUT2D eigenvalue weighted by atomic mass is 10.2. The zero-order valence-electron chi connectivity index (χ0n) is 15.8. The summed E-state index contributed by atoms with van der Waals surface area (Å²) in [5.74, 6) is 1.40. The van der Waals surface area contributed by atoms with Crippen LogP contribution in [0, 0.1) is 18.2 Å². The predicted octanol–water partition coefficient (Wildman–Crippen LogP) is 4.54. The average molecular weight is 443 g/mol. The molecule has 152 valence electrons. The molecular weight excluding hydrogens is 427 g/mol. The van der Waals surface area contributed by atoms with Gasteiger partial charge in [-0.15, -0.1) is 6.42 Å². The monoisotopic (exact) mass is 442 g/mol. The summed E-state index contributed by atoms with van der Waals surface area (Å²) in [5.41, 5.74) is 1.28. The highest BCUT2D eigenvalue weighted by atomic mass is 35.5. The van der Waals surface area contributed by atoms with Gasteiger partial charge in [-0.2, -0.15) is 0 Å². The summed E-state index contributed by atoms with van der Waals surface area (Å²) >= 11 is 6.14. The van der Waals surface area contributed by atoms with E-state index in [1.54, 1.807) is 24.3 Å². The molecule has 0 unspecified atom stereocenters. The minimum atomic E-state index is -4.02. The van der Waals surface area contributed by atoms with Gasteiger partial charge in [0.25, 0.3) is 15.9 Å². The predicted molar refractivity (Wildman–Crippen MR) is 116 cm³/mol. The number of rotatable bonds is 5. The van der Waals surface area contributed by atoms with E-state index < -0.39 is 21.7 Å². The molecule has 8 heteroatoms. The molecule has 1 amide bonds. The first-order chi connectivity index (χ1) is 14.2. The van der Waals surface area contributed by atoms with Gasteiger partial charge in [0, 0.05) is 18.3 Å². The largest absolute Gasteiger partial charge is 0.322 e. The Hall–Kier alpha value is -3.34. The van der Waals surface area contributed by atoms with Crippen LogP contribution in [0.2, 0.25) is 5.02 Å². The number of halogens is 2. The van der Waals surface area contributed by atoms with Crippen LogP contribution < -0.4 is 9.62 Å². The normalized spacial score (nSPS) is 10.9. The number of sulfonamides is 1. The molecule has 3 rings (SSSR count). The van der Waals surface area contributed by atoms with Crippen LogP contribution in [0.5, 0.6) is 0 Å². The van der Waals surface area contributed by atoms with E-state index in [0.29, 0.717) is 11.3 Å². The quantitative estimate of drug-likeness (QED) is 0.590. The summed E-state index contributed by atoms with van der Waals surface area (Å²) in [6.07, 6.45) is 5.36. The Labute approximate surface area is 179 Å². The molecule has 1 N–H and O–H groups in total. The van der Waals surface area contributed by atoms with Crippen LogP contribution in [0.1, 0.15) is 15.9 Å². The highest BCUT2D eigenvalue weighted by Crippen LogP contribution is 2.26. The van der Waals surface area contributed by atoms with Crippen LogP contribution in [0.15, 0.2) is 71.6 Å². The number of terminal acetylenes is 1. The van der Waals surface area contributed by atoms with Gasteiger partial charge in [0.15, 0.2) is 0 Å². The molecule has 0 fully saturated rings. The summed E-state index contributed by atoms with van der Waals surface area (Å²) in [4.78, 5) is 12.6. The van der Waals surface area contributed by atoms with Crippen LogP contribution >= 0.6 is 11.6 Å². The van der Waals surface area contributed by atoms with E-state index in [1.807, 2.05) is 0 Å². The zero-order valence-corrected chi connectivity index (χ0v) is 17.3.